The van der Waals surface area contributed by atoms with Crippen molar-refractivity contribution in [1.82, 2.24) is 4.98 Å². The van der Waals surface area contributed by atoms with Crippen LogP contribution in [0.3, 0.4) is 0 Å². The second-order valence-electron chi connectivity index (χ2n) is 5.46. The van der Waals surface area contributed by atoms with E-state index in [-0.39, 0.29) is 15.6 Å². The van der Waals surface area contributed by atoms with E-state index in [4.69, 9.17) is 5.73 Å². The Kier molecular flexibility index (Phi) is 4.19. The second kappa shape index (κ2) is 6.13. The molecule has 0 atom stereocenters. The number of anilines is 1. The van der Waals surface area contributed by atoms with Gasteiger partial charge in [-0.25, -0.2) is 9.59 Å². The minimum Gasteiger partial charge on any atom is -0.478 e. The first kappa shape index (κ1) is 18.5. The van der Waals surface area contributed by atoms with E-state index in [0.717, 1.165) is 28.8 Å². The van der Waals surface area contributed by atoms with E-state index in [2.05, 4.69) is 0 Å². The summed E-state index contributed by atoms with van der Waals surface area (Å²) in [6.45, 7) is 0. The molecule has 0 spiro atoms. The van der Waals surface area contributed by atoms with Crippen LogP contribution in [0.15, 0.2) is 28.4 Å². The average molecular weight is 398 g/mol. The summed E-state index contributed by atoms with van der Waals surface area (Å²) in [6.07, 6.45) is -4.58. The molecule has 0 aliphatic heterocycles. The zero-order valence-corrected chi connectivity index (χ0v) is 13.9. The van der Waals surface area contributed by atoms with Crippen LogP contribution in [0.2, 0.25) is 0 Å². The quantitative estimate of drug-likeness (QED) is 0.535. The van der Waals surface area contributed by atoms with Crippen LogP contribution in [0.25, 0.3) is 21.2 Å². The molecular weight excluding hydrogens is 389 g/mol. The van der Waals surface area contributed by atoms with Gasteiger partial charge in [0, 0.05) is 21.0 Å². The molecule has 0 amide bonds. The van der Waals surface area contributed by atoms with Crippen LogP contribution in [-0.2, 0) is 6.18 Å². The number of rotatable bonds is 3. The van der Waals surface area contributed by atoms with Crippen LogP contribution in [0.1, 0.15) is 26.3 Å². The van der Waals surface area contributed by atoms with Gasteiger partial charge in [0.25, 0.3) is 5.56 Å². The van der Waals surface area contributed by atoms with Crippen molar-refractivity contribution < 1.29 is 33.0 Å². The lowest BCUT2D eigenvalue weighted by Crippen LogP contribution is -2.24. The van der Waals surface area contributed by atoms with Crippen molar-refractivity contribution >= 4 is 39.2 Å². The number of carboxylic acids is 2. The van der Waals surface area contributed by atoms with Crippen molar-refractivity contribution in [2.75, 3.05) is 5.73 Å². The Hall–Kier alpha value is -3.34. The van der Waals surface area contributed by atoms with Crippen LogP contribution in [0, 0.1) is 0 Å². The van der Waals surface area contributed by atoms with Gasteiger partial charge in [-0.2, -0.15) is 13.2 Å². The van der Waals surface area contributed by atoms with Crippen LogP contribution in [-0.4, -0.2) is 27.1 Å². The third kappa shape index (κ3) is 3.01. The Morgan fingerprint density at radius 3 is 2.30 bits per heavy atom. The number of alkyl halides is 3. The lowest BCUT2D eigenvalue weighted by atomic mass is 9.94. The van der Waals surface area contributed by atoms with Gasteiger partial charge in [0.05, 0.1) is 5.56 Å². The van der Waals surface area contributed by atoms with Crippen molar-refractivity contribution in [3.63, 3.8) is 0 Å². The van der Waals surface area contributed by atoms with Crippen molar-refractivity contribution in [3.05, 3.63) is 50.6 Å². The van der Waals surface area contributed by atoms with Crippen molar-refractivity contribution in [1.29, 1.82) is 0 Å². The fourth-order valence-corrected chi connectivity index (χ4v) is 3.74. The molecule has 2 heterocycles. The molecule has 2 aromatic heterocycles. The van der Waals surface area contributed by atoms with Crippen molar-refractivity contribution in [3.8, 4) is 11.1 Å². The Balaban J connectivity index is 2.38. The van der Waals surface area contributed by atoms with E-state index in [0.29, 0.717) is 0 Å². The molecular formula is C16H9F3N2O5S. The molecule has 7 nitrogen and oxygen atoms in total. The first-order valence-corrected chi connectivity index (χ1v) is 8.01. The van der Waals surface area contributed by atoms with E-state index in [1.807, 2.05) is 4.98 Å². The van der Waals surface area contributed by atoms with Gasteiger partial charge in [0.1, 0.15) is 16.9 Å². The summed E-state index contributed by atoms with van der Waals surface area (Å²) in [5, 5.41) is 19.5. The maximum atomic E-state index is 13.0. The highest BCUT2D eigenvalue weighted by atomic mass is 32.1. The topological polar surface area (TPSA) is 133 Å². The largest absolute Gasteiger partial charge is 0.478 e. The maximum absolute atomic E-state index is 13.0. The summed E-state index contributed by atoms with van der Waals surface area (Å²) in [5.74, 6) is -3.85. The molecule has 27 heavy (non-hydrogen) atoms. The molecule has 0 bridgehead atoms. The number of halogens is 3. The van der Waals surface area contributed by atoms with Gasteiger partial charge in [-0.3, -0.25) is 4.79 Å². The van der Waals surface area contributed by atoms with Gasteiger partial charge >= 0.3 is 18.1 Å². The van der Waals surface area contributed by atoms with Crippen LogP contribution < -0.4 is 11.3 Å². The highest BCUT2D eigenvalue weighted by Gasteiger charge is 2.34. The van der Waals surface area contributed by atoms with Crippen LogP contribution in [0.5, 0.6) is 0 Å². The number of thiophene rings is 1. The fourth-order valence-electron chi connectivity index (χ4n) is 2.74. The summed E-state index contributed by atoms with van der Waals surface area (Å²) in [4.78, 5) is 37.0. The molecule has 11 heteroatoms. The number of nitrogens with one attached hydrogen (secondary N) is 1. The van der Waals surface area contributed by atoms with E-state index >= 15 is 0 Å². The summed E-state index contributed by atoms with van der Waals surface area (Å²) in [6, 6.07) is 3.42. The predicted molar refractivity (Wildman–Crippen MR) is 91.2 cm³/mol. The molecule has 3 rings (SSSR count). The summed E-state index contributed by atoms with van der Waals surface area (Å²) >= 11 is 0.755. The fraction of sp³-hybridized carbons (Fsp3) is 0.0625. The number of aromatic amines is 1. The SMILES string of the molecule is Nc1[nH]c(=O)c(C(=O)O)c(-c2ccc3c(C(F)(F)F)csc3c2)c1C(=O)O. The monoisotopic (exact) mass is 398 g/mol. The summed E-state index contributed by atoms with van der Waals surface area (Å²) < 4.78 is 39.2. The van der Waals surface area contributed by atoms with Gasteiger partial charge < -0.3 is 20.9 Å². The number of hydrogen-bond acceptors (Lipinski definition) is 5. The number of benzene rings is 1. The maximum Gasteiger partial charge on any atom is 0.417 e. The molecule has 0 unspecified atom stereocenters. The number of nitrogen functional groups attached to an aromatic ring is 1. The second-order valence-corrected chi connectivity index (χ2v) is 6.37. The number of aromatic nitrogens is 1. The molecule has 0 radical (unpaired) electrons. The number of pyridine rings is 1. The smallest absolute Gasteiger partial charge is 0.417 e. The minimum atomic E-state index is -4.58. The average Bonchev–Trinajstić information content (AvgIpc) is 2.96. The third-order valence-electron chi connectivity index (χ3n) is 3.84. The molecule has 140 valence electrons. The Morgan fingerprint density at radius 1 is 1.11 bits per heavy atom. The number of aromatic carboxylic acids is 2. The molecule has 3 aromatic rings. The highest BCUT2D eigenvalue weighted by molar-refractivity contribution is 7.17. The standard InChI is InChI=1S/C16H9F3N2O5S/c17-16(18,19)7-4-27-8-3-5(1-2-6(7)8)9-10(14(23)24)12(20)21-13(22)11(9)15(25)26/h1-4H,(H,23,24)(H,25,26)(H3,20,21,22). The molecule has 0 saturated heterocycles. The number of carboxylic acid groups (broad SMARTS) is 2. The van der Waals surface area contributed by atoms with Gasteiger partial charge in [-0.1, -0.05) is 12.1 Å². The molecule has 1 aromatic carbocycles. The lowest BCUT2D eigenvalue weighted by Gasteiger charge is -2.12. The first-order valence-electron chi connectivity index (χ1n) is 7.13. The Morgan fingerprint density at radius 2 is 1.74 bits per heavy atom. The van der Waals surface area contributed by atoms with E-state index in [1.54, 1.807) is 0 Å². The van der Waals surface area contributed by atoms with E-state index in [1.165, 1.54) is 6.07 Å². The zero-order valence-electron chi connectivity index (χ0n) is 13.0. The molecule has 0 aliphatic carbocycles. The van der Waals surface area contributed by atoms with Gasteiger partial charge in [-0.15, -0.1) is 11.3 Å². The van der Waals surface area contributed by atoms with Gasteiger partial charge in [-0.05, 0) is 11.6 Å². The molecule has 0 saturated carbocycles. The Bertz CT molecular complexity index is 1160. The number of carbonyl (C=O) groups is 2. The van der Waals surface area contributed by atoms with Crippen LogP contribution >= 0.6 is 11.3 Å². The molecule has 0 aliphatic rings. The first-order chi connectivity index (χ1) is 12.5. The summed E-state index contributed by atoms with van der Waals surface area (Å²) in [5.41, 5.74) is 1.50. The van der Waals surface area contributed by atoms with Gasteiger partial charge in [0.2, 0.25) is 0 Å². The third-order valence-corrected chi connectivity index (χ3v) is 4.79. The zero-order chi connectivity index (χ0) is 20.1. The highest BCUT2D eigenvalue weighted by Crippen LogP contribution is 2.40. The van der Waals surface area contributed by atoms with Crippen LogP contribution in [0.4, 0.5) is 19.0 Å². The van der Waals surface area contributed by atoms with E-state index in [9.17, 15) is 37.8 Å². The Labute approximate surface area is 151 Å². The number of fused-ring (bicyclic) bond motifs is 1. The van der Waals surface area contributed by atoms with Gasteiger partial charge in [0.15, 0.2) is 0 Å². The minimum absolute atomic E-state index is 0.0503. The predicted octanol–water partition coefficient (Wildman–Crippen LogP) is 3.25. The molecule has 0 fully saturated rings. The molecule has 5 N–H and O–H groups in total. The number of H-pyrrole nitrogens is 1. The normalized spacial score (nSPS) is 11.7. The lowest BCUT2D eigenvalue weighted by molar-refractivity contribution is -0.136. The van der Waals surface area contributed by atoms with E-state index < -0.39 is 51.7 Å². The summed E-state index contributed by atoms with van der Waals surface area (Å²) in [7, 11) is 0. The number of nitrogens with two attached hydrogens (primary N) is 1. The van der Waals surface area contributed by atoms with Crippen molar-refractivity contribution in [2.45, 2.75) is 6.18 Å². The number of hydrogen-bond donors (Lipinski definition) is 4. The van der Waals surface area contributed by atoms with Crippen molar-refractivity contribution in [2.24, 2.45) is 0 Å².